The first-order valence-electron chi connectivity index (χ1n) is 11.3. The number of rotatable bonds is 6. The van der Waals surface area contributed by atoms with Crippen LogP contribution >= 0.6 is 0 Å². The van der Waals surface area contributed by atoms with E-state index in [9.17, 15) is 8.76 Å². The molecule has 0 saturated carbocycles. The van der Waals surface area contributed by atoms with Gasteiger partial charge in [-0.1, -0.05) is 36.4 Å². The summed E-state index contributed by atoms with van der Waals surface area (Å²) in [5.41, 5.74) is 13.7. The molecule has 3 N–H and O–H groups in total. The summed E-state index contributed by atoms with van der Waals surface area (Å²) in [5, 5.41) is 1.09. The number of benzene rings is 2. The predicted octanol–water partition coefficient (Wildman–Crippen LogP) is 4.42. The van der Waals surface area contributed by atoms with Gasteiger partial charge in [0.15, 0.2) is 0 Å². The number of nitrogen functional groups attached to an aromatic ring is 1. The molecule has 2 aromatic heterocycles. The third-order valence-corrected chi connectivity index (χ3v) is 7.11. The molecule has 5 rings (SSSR count). The van der Waals surface area contributed by atoms with E-state index in [2.05, 4.69) is 58.5 Å². The average molecular weight is 460 g/mol. The smallest absolute Gasteiger partial charge is 0.138 e. The van der Waals surface area contributed by atoms with Gasteiger partial charge in [-0.3, -0.25) is 9.11 Å². The summed E-state index contributed by atoms with van der Waals surface area (Å²) in [6, 6.07) is 20.9. The van der Waals surface area contributed by atoms with E-state index in [1.807, 2.05) is 23.2 Å². The molecule has 0 radical (unpaired) electrons. The molecular formula is C26H27N4O2S-. The molecule has 1 fully saturated rings. The van der Waals surface area contributed by atoms with Crippen molar-refractivity contribution in [3.05, 3.63) is 83.7 Å². The Bertz CT molecular complexity index is 1280. The second-order valence-corrected chi connectivity index (χ2v) is 9.62. The highest BCUT2D eigenvalue weighted by atomic mass is 32.2. The predicted molar refractivity (Wildman–Crippen MR) is 133 cm³/mol. The van der Waals surface area contributed by atoms with E-state index in [1.165, 1.54) is 16.8 Å². The second-order valence-electron chi connectivity index (χ2n) is 8.75. The lowest BCUT2D eigenvalue weighted by atomic mass is 9.92. The number of aromatic amines is 1. The molecule has 1 aliphatic heterocycles. The Morgan fingerprint density at radius 2 is 1.85 bits per heavy atom. The van der Waals surface area contributed by atoms with Crippen LogP contribution in [0.5, 0.6) is 0 Å². The molecule has 1 atom stereocenters. The highest BCUT2D eigenvalue weighted by Crippen LogP contribution is 2.36. The van der Waals surface area contributed by atoms with Gasteiger partial charge < -0.3 is 15.3 Å². The zero-order valence-corrected chi connectivity index (χ0v) is 19.2. The normalized spacial score (nSPS) is 16.3. The summed E-state index contributed by atoms with van der Waals surface area (Å²) in [5.74, 6) is 0.484. The minimum Gasteiger partial charge on any atom is -0.771 e. The first-order chi connectivity index (χ1) is 16.1. The first-order valence-corrected chi connectivity index (χ1v) is 12.5. The highest BCUT2D eigenvalue weighted by Gasteiger charge is 2.23. The molecule has 0 bridgehead atoms. The Morgan fingerprint density at radius 1 is 1.06 bits per heavy atom. The van der Waals surface area contributed by atoms with Gasteiger partial charge in [-0.2, -0.15) is 0 Å². The topological polar surface area (TPSA) is 98.1 Å². The molecule has 7 heteroatoms. The van der Waals surface area contributed by atoms with Gasteiger partial charge >= 0.3 is 0 Å². The number of likely N-dealkylation sites (tertiary alicyclic amines) is 1. The number of nitrogens with two attached hydrogens (primary N) is 1. The zero-order chi connectivity index (χ0) is 22.8. The van der Waals surface area contributed by atoms with Crippen LogP contribution < -0.4 is 5.73 Å². The summed E-state index contributed by atoms with van der Waals surface area (Å²) in [6.07, 6.45) is 4.53. The van der Waals surface area contributed by atoms with Crippen molar-refractivity contribution in [3.63, 3.8) is 0 Å². The molecule has 1 aliphatic rings. The number of hydrogen-bond donors (Lipinski definition) is 2. The van der Waals surface area contributed by atoms with Crippen LogP contribution in [0.3, 0.4) is 0 Å². The lowest BCUT2D eigenvalue weighted by Crippen LogP contribution is -2.35. The number of hydrogen-bond acceptors (Lipinski definition) is 5. The van der Waals surface area contributed by atoms with Crippen molar-refractivity contribution in [2.45, 2.75) is 25.2 Å². The highest BCUT2D eigenvalue weighted by molar-refractivity contribution is 7.79. The van der Waals surface area contributed by atoms with Gasteiger partial charge in [0.25, 0.3) is 0 Å². The molecule has 2 aromatic carbocycles. The number of nitrogens with one attached hydrogen (secondary N) is 1. The fourth-order valence-corrected chi connectivity index (χ4v) is 5.40. The maximum Gasteiger partial charge on any atom is 0.138 e. The SMILES string of the molecule is Nc1ccc(Cc2ccccc2)c(-c2ccnc3[nH]c(C4CCN(CS(=O)[O-])CC4)cc23)c1. The standard InChI is InChI=1S/C26H28N4O2S/c27-21-7-6-20(14-18-4-2-1-3-5-18)23(15-21)22-8-11-28-26-24(22)16-25(29-26)19-9-12-30(13-10-19)17-33(31)32/h1-8,11,15-16,19H,9-10,12-14,17,27H2,(H,28,29)(H,31,32)/p-1. The Labute approximate surface area is 196 Å². The van der Waals surface area contributed by atoms with Crippen LogP contribution in [0, 0.1) is 0 Å². The van der Waals surface area contributed by atoms with Crippen LogP contribution in [0.2, 0.25) is 0 Å². The van der Waals surface area contributed by atoms with Gasteiger partial charge in [0.1, 0.15) is 5.65 Å². The summed E-state index contributed by atoms with van der Waals surface area (Å²) in [6.45, 7) is 1.56. The Hall–Kier alpha value is -3.00. The molecular weight excluding hydrogens is 432 g/mol. The molecule has 0 aliphatic carbocycles. The maximum absolute atomic E-state index is 11.0. The van der Waals surface area contributed by atoms with Gasteiger partial charge in [-0.15, -0.1) is 0 Å². The van der Waals surface area contributed by atoms with Crippen molar-refractivity contribution < 1.29 is 8.76 Å². The Kier molecular flexibility index (Phi) is 6.26. The van der Waals surface area contributed by atoms with E-state index in [0.717, 1.165) is 60.2 Å². The third-order valence-electron chi connectivity index (χ3n) is 6.53. The molecule has 1 saturated heterocycles. The van der Waals surface area contributed by atoms with E-state index in [4.69, 9.17) is 5.73 Å². The van der Waals surface area contributed by atoms with Crippen LogP contribution in [0.1, 0.15) is 35.6 Å². The minimum absolute atomic E-state index is 0.116. The van der Waals surface area contributed by atoms with Gasteiger partial charge in [0, 0.05) is 28.9 Å². The molecule has 4 aromatic rings. The molecule has 3 heterocycles. The number of piperidine rings is 1. The van der Waals surface area contributed by atoms with Gasteiger partial charge in [-0.05, 0) is 90.0 Å². The van der Waals surface area contributed by atoms with E-state index < -0.39 is 11.1 Å². The van der Waals surface area contributed by atoms with Crippen molar-refractivity contribution in [1.82, 2.24) is 14.9 Å². The number of pyridine rings is 1. The molecule has 0 amide bonds. The van der Waals surface area contributed by atoms with E-state index in [-0.39, 0.29) is 5.88 Å². The summed E-state index contributed by atoms with van der Waals surface area (Å²) in [4.78, 5) is 10.1. The molecule has 33 heavy (non-hydrogen) atoms. The van der Waals surface area contributed by atoms with Crippen LogP contribution in [-0.2, 0) is 17.5 Å². The zero-order valence-electron chi connectivity index (χ0n) is 18.4. The largest absolute Gasteiger partial charge is 0.771 e. The molecule has 170 valence electrons. The van der Waals surface area contributed by atoms with Crippen LogP contribution in [0.15, 0.2) is 66.9 Å². The van der Waals surface area contributed by atoms with E-state index in [0.29, 0.717) is 5.92 Å². The maximum atomic E-state index is 11.0. The third kappa shape index (κ3) is 4.85. The van der Waals surface area contributed by atoms with Gasteiger partial charge in [0.05, 0.1) is 5.88 Å². The van der Waals surface area contributed by atoms with Crippen LogP contribution in [0.4, 0.5) is 5.69 Å². The summed E-state index contributed by atoms with van der Waals surface area (Å²) >= 11 is -2.03. The number of fused-ring (bicyclic) bond motifs is 1. The fourth-order valence-electron chi connectivity index (χ4n) is 4.84. The van der Waals surface area contributed by atoms with Gasteiger partial charge in [0.2, 0.25) is 0 Å². The molecule has 1 unspecified atom stereocenters. The average Bonchev–Trinajstić information content (AvgIpc) is 3.26. The number of anilines is 1. The number of H-pyrrole nitrogens is 1. The van der Waals surface area contributed by atoms with Crippen molar-refractivity contribution in [3.8, 4) is 11.1 Å². The lowest BCUT2D eigenvalue weighted by molar-refractivity contribution is 0.238. The fraction of sp³-hybridized carbons (Fsp3) is 0.269. The van der Waals surface area contributed by atoms with Crippen molar-refractivity contribution in [1.29, 1.82) is 0 Å². The lowest BCUT2D eigenvalue weighted by Gasteiger charge is -2.31. The van der Waals surface area contributed by atoms with E-state index in [1.54, 1.807) is 0 Å². The number of nitrogens with zero attached hydrogens (tertiary/aromatic N) is 2. The van der Waals surface area contributed by atoms with Crippen LogP contribution in [-0.4, -0.2) is 42.6 Å². The van der Waals surface area contributed by atoms with E-state index >= 15 is 0 Å². The van der Waals surface area contributed by atoms with Crippen molar-refractivity contribution in [2.75, 3.05) is 24.7 Å². The van der Waals surface area contributed by atoms with Crippen molar-refractivity contribution in [2.24, 2.45) is 0 Å². The Morgan fingerprint density at radius 3 is 2.61 bits per heavy atom. The van der Waals surface area contributed by atoms with Crippen LogP contribution in [0.25, 0.3) is 22.2 Å². The summed E-state index contributed by atoms with van der Waals surface area (Å²) in [7, 11) is 0. The quantitative estimate of drug-likeness (QED) is 0.329. The van der Waals surface area contributed by atoms with Gasteiger partial charge in [-0.25, -0.2) is 4.98 Å². The molecule has 0 spiro atoms. The minimum atomic E-state index is -2.03. The number of aromatic nitrogens is 2. The van der Waals surface area contributed by atoms with Crippen molar-refractivity contribution >= 4 is 27.8 Å². The second kappa shape index (κ2) is 9.47. The first kappa shape index (κ1) is 21.8. The molecule has 6 nitrogen and oxygen atoms in total. The monoisotopic (exact) mass is 459 g/mol. The summed E-state index contributed by atoms with van der Waals surface area (Å²) < 4.78 is 22.0. The Balaban J connectivity index is 1.47.